The van der Waals surface area contributed by atoms with Gasteiger partial charge in [-0.05, 0) is 55.3 Å². The van der Waals surface area contributed by atoms with Crippen LogP contribution in [0.15, 0.2) is 48.5 Å². The number of carbonyl (C=O) groups excluding carboxylic acids is 2. The first-order valence-electron chi connectivity index (χ1n) is 7.10. The van der Waals surface area contributed by atoms with E-state index in [-0.39, 0.29) is 11.5 Å². The molecule has 0 atom stereocenters. The summed E-state index contributed by atoms with van der Waals surface area (Å²) in [4.78, 5) is 23.8. The van der Waals surface area contributed by atoms with E-state index in [0.29, 0.717) is 17.3 Å². The molecule has 22 heavy (non-hydrogen) atoms. The second kappa shape index (κ2) is 5.97. The minimum atomic E-state index is -0.459. The van der Waals surface area contributed by atoms with Gasteiger partial charge in [0.15, 0.2) is 0 Å². The van der Waals surface area contributed by atoms with Gasteiger partial charge in [0, 0.05) is 22.9 Å². The van der Waals surface area contributed by atoms with E-state index >= 15 is 0 Å². The summed E-state index contributed by atoms with van der Waals surface area (Å²) >= 11 is 0. The summed E-state index contributed by atoms with van der Waals surface area (Å²) in [6, 6.07) is 12.4. The Labute approximate surface area is 127 Å². The molecular formula is C17H15FN2O2. The first-order valence-corrected chi connectivity index (χ1v) is 7.10. The number of nitrogens with one attached hydrogen (secondary N) is 2. The molecule has 112 valence electrons. The molecule has 0 aromatic heterocycles. The molecule has 2 amide bonds. The third kappa shape index (κ3) is 3.49. The number of amides is 2. The van der Waals surface area contributed by atoms with Gasteiger partial charge in [0.2, 0.25) is 0 Å². The average Bonchev–Trinajstić information content (AvgIpc) is 3.32. The summed E-state index contributed by atoms with van der Waals surface area (Å²) in [6.07, 6.45) is 2.07. The third-order valence-corrected chi connectivity index (χ3v) is 3.40. The lowest BCUT2D eigenvalue weighted by atomic mass is 10.1. The fourth-order valence-corrected chi connectivity index (χ4v) is 2.03. The quantitative estimate of drug-likeness (QED) is 0.911. The summed E-state index contributed by atoms with van der Waals surface area (Å²) in [5.41, 5.74) is 1.35. The highest BCUT2D eigenvalue weighted by atomic mass is 19.1. The van der Waals surface area contributed by atoms with Gasteiger partial charge >= 0.3 is 0 Å². The van der Waals surface area contributed by atoms with Gasteiger partial charge in [-0.15, -0.1) is 0 Å². The van der Waals surface area contributed by atoms with Gasteiger partial charge in [-0.25, -0.2) is 4.39 Å². The van der Waals surface area contributed by atoms with E-state index in [1.807, 2.05) is 0 Å². The predicted octanol–water partition coefficient (Wildman–Crippen LogP) is 2.97. The van der Waals surface area contributed by atoms with Crippen LogP contribution in [0.25, 0.3) is 0 Å². The van der Waals surface area contributed by atoms with Crippen LogP contribution < -0.4 is 10.6 Å². The van der Waals surface area contributed by atoms with Crippen LogP contribution in [0.3, 0.4) is 0 Å². The molecule has 1 aliphatic carbocycles. The smallest absolute Gasteiger partial charge is 0.255 e. The van der Waals surface area contributed by atoms with E-state index in [1.165, 1.54) is 24.3 Å². The highest BCUT2D eigenvalue weighted by Crippen LogP contribution is 2.19. The molecular weight excluding hydrogens is 283 g/mol. The van der Waals surface area contributed by atoms with E-state index in [9.17, 15) is 14.0 Å². The standard InChI is InChI=1S/C17H15FN2O2/c18-13-3-1-2-12(10-13)17(22)20-14-6-4-11(5-7-14)16(21)19-15-8-9-15/h1-7,10,15H,8-9H2,(H,19,21)(H,20,22). The molecule has 0 radical (unpaired) electrons. The minimum absolute atomic E-state index is 0.106. The maximum Gasteiger partial charge on any atom is 0.255 e. The molecule has 5 heteroatoms. The average molecular weight is 298 g/mol. The van der Waals surface area contributed by atoms with Crippen LogP contribution in [0.4, 0.5) is 10.1 Å². The number of hydrogen-bond donors (Lipinski definition) is 2. The van der Waals surface area contributed by atoms with Gasteiger partial charge in [0.1, 0.15) is 5.82 Å². The lowest BCUT2D eigenvalue weighted by Crippen LogP contribution is -2.25. The van der Waals surface area contributed by atoms with Gasteiger partial charge in [0.25, 0.3) is 11.8 Å². The topological polar surface area (TPSA) is 58.2 Å². The van der Waals surface area contributed by atoms with E-state index in [4.69, 9.17) is 0 Å². The van der Waals surface area contributed by atoms with Crippen molar-refractivity contribution in [1.82, 2.24) is 5.32 Å². The highest BCUT2D eigenvalue weighted by molar-refractivity contribution is 6.04. The molecule has 2 aromatic rings. The van der Waals surface area contributed by atoms with Crippen LogP contribution >= 0.6 is 0 Å². The van der Waals surface area contributed by atoms with E-state index < -0.39 is 11.7 Å². The van der Waals surface area contributed by atoms with Gasteiger partial charge in [-0.1, -0.05) is 6.07 Å². The number of anilines is 1. The van der Waals surface area contributed by atoms with Crippen molar-refractivity contribution in [3.05, 3.63) is 65.5 Å². The van der Waals surface area contributed by atoms with Gasteiger partial charge in [-0.3, -0.25) is 9.59 Å². The summed E-state index contributed by atoms with van der Waals surface area (Å²) in [5.74, 6) is -0.958. The number of halogens is 1. The maximum absolute atomic E-state index is 13.1. The molecule has 0 saturated heterocycles. The van der Waals surface area contributed by atoms with Gasteiger partial charge in [0.05, 0.1) is 0 Å². The van der Waals surface area contributed by atoms with Crippen molar-refractivity contribution < 1.29 is 14.0 Å². The Morgan fingerprint density at radius 3 is 2.32 bits per heavy atom. The monoisotopic (exact) mass is 298 g/mol. The first kappa shape index (κ1) is 14.3. The van der Waals surface area contributed by atoms with Crippen molar-refractivity contribution in [2.75, 3.05) is 5.32 Å². The largest absolute Gasteiger partial charge is 0.349 e. The molecule has 2 N–H and O–H groups in total. The minimum Gasteiger partial charge on any atom is -0.349 e. The zero-order valence-corrected chi connectivity index (χ0v) is 11.8. The molecule has 0 bridgehead atoms. The van der Waals surface area contributed by atoms with Gasteiger partial charge < -0.3 is 10.6 Å². The fourth-order valence-electron chi connectivity index (χ4n) is 2.03. The Morgan fingerprint density at radius 1 is 0.955 bits per heavy atom. The second-order valence-electron chi connectivity index (χ2n) is 5.29. The van der Waals surface area contributed by atoms with Crippen LogP contribution in [-0.2, 0) is 0 Å². The van der Waals surface area contributed by atoms with E-state index in [0.717, 1.165) is 12.8 Å². The maximum atomic E-state index is 13.1. The summed E-state index contributed by atoms with van der Waals surface area (Å²) < 4.78 is 13.1. The zero-order valence-electron chi connectivity index (χ0n) is 11.8. The molecule has 0 aliphatic heterocycles. The molecule has 1 saturated carbocycles. The normalized spacial score (nSPS) is 13.5. The Kier molecular flexibility index (Phi) is 3.87. The van der Waals surface area contributed by atoms with Crippen molar-refractivity contribution in [2.45, 2.75) is 18.9 Å². The van der Waals surface area contributed by atoms with Crippen molar-refractivity contribution in [3.63, 3.8) is 0 Å². The molecule has 0 spiro atoms. The van der Waals surface area contributed by atoms with Crippen LogP contribution in [0.1, 0.15) is 33.6 Å². The number of benzene rings is 2. The van der Waals surface area contributed by atoms with Gasteiger partial charge in [-0.2, -0.15) is 0 Å². The molecule has 4 nitrogen and oxygen atoms in total. The highest BCUT2D eigenvalue weighted by Gasteiger charge is 2.23. The van der Waals surface area contributed by atoms with Crippen molar-refractivity contribution >= 4 is 17.5 Å². The lowest BCUT2D eigenvalue weighted by molar-refractivity contribution is 0.0950. The van der Waals surface area contributed by atoms with Crippen LogP contribution in [0, 0.1) is 5.82 Å². The molecule has 0 unspecified atom stereocenters. The SMILES string of the molecule is O=C(Nc1ccc(C(=O)NC2CC2)cc1)c1cccc(F)c1. The van der Waals surface area contributed by atoms with Crippen molar-refractivity contribution in [3.8, 4) is 0 Å². The summed E-state index contributed by atoms with van der Waals surface area (Å²) in [6.45, 7) is 0. The van der Waals surface area contributed by atoms with E-state index in [2.05, 4.69) is 10.6 Å². The van der Waals surface area contributed by atoms with Crippen LogP contribution in [0.5, 0.6) is 0 Å². The molecule has 0 heterocycles. The zero-order chi connectivity index (χ0) is 15.5. The van der Waals surface area contributed by atoms with Crippen molar-refractivity contribution in [2.24, 2.45) is 0 Å². The van der Waals surface area contributed by atoms with Crippen LogP contribution in [0.2, 0.25) is 0 Å². The number of rotatable bonds is 4. The molecule has 1 fully saturated rings. The molecule has 2 aromatic carbocycles. The summed E-state index contributed by atoms with van der Waals surface area (Å²) in [7, 11) is 0. The Morgan fingerprint density at radius 2 is 1.68 bits per heavy atom. The molecule has 1 aliphatic rings. The van der Waals surface area contributed by atoms with Crippen LogP contribution in [-0.4, -0.2) is 17.9 Å². The first-order chi connectivity index (χ1) is 10.6. The van der Waals surface area contributed by atoms with E-state index in [1.54, 1.807) is 24.3 Å². The van der Waals surface area contributed by atoms with Crippen molar-refractivity contribution in [1.29, 1.82) is 0 Å². The summed E-state index contributed by atoms with van der Waals surface area (Å²) in [5, 5.41) is 5.56. The Bertz CT molecular complexity index is 709. The third-order valence-electron chi connectivity index (χ3n) is 3.40. The fraction of sp³-hybridized carbons (Fsp3) is 0.176. The number of carbonyl (C=O) groups is 2. The molecule has 3 rings (SSSR count). The number of hydrogen-bond acceptors (Lipinski definition) is 2. The second-order valence-corrected chi connectivity index (χ2v) is 5.29. The predicted molar refractivity (Wildman–Crippen MR) is 81.3 cm³/mol. The Hall–Kier alpha value is -2.69. The lowest BCUT2D eigenvalue weighted by Gasteiger charge is -2.07. The Balaban J connectivity index is 1.65.